The molecule has 3 aromatic heterocycles. The molecule has 0 aliphatic heterocycles. The maximum Gasteiger partial charge on any atom is 0.297 e. The number of aromatic hydroxyl groups is 3. The van der Waals surface area contributed by atoms with Crippen molar-refractivity contribution in [3.05, 3.63) is 91.8 Å². The van der Waals surface area contributed by atoms with E-state index in [2.05, 4.69) is 5.10 Å². The first kappa shape index (κ1) is 23.4. The van der Waals surface area contributed by atoms with Crippen LogP contribution in [-0.2, 0) is 7.05 Å². The van der Waals surface area contributed by atoms with Crippen molar-refractivity contribution in [2.45, 2.75) is 6.92 Å². The summed E-state index contributed by atoms with van der Waals surface area (Å²) in [6.07, 6.45) is 1.36. The van der Waals surface area contributed by atoms with Gasteiger partial charge < -0.3 is 15.3 Å². The molecule has 0 saturated heterocycles. The molecular weight excluding hydrogens is 498 g/mol. The molecule has 0 unspecified atom stereocenters. The lowest BCUT2D eigenvalue weighted by atomic mass is 10.2. The molecule has 3 heterocycles. The highest BCUT2D eigenvalue weighted by molar-refractivity contribution is 7.14. The first-order valence-corrected chi connectivity index (χ1v) is 12.5. The maximum absolute atomic E-state index is 13.4. The molecule has 0 fully saturated rings. The third kappa shape index (κ3) is 4.04. The van der Waals surface area contributed by atoms with E-state index in [0.29, 0.717) is 10.5 Å². The Balaban J connectivity index is 1.69. The zero-order valence-electron chi connectivity index (χ0n) is 19.2. The maximum atomic E-state index is 13.4. The van der Waals surface area contributed by atoms with Crippen LogP contribution in [-0.4, -0.2) is 35.6 Å². The van der Waals surface area contributed by atoms with E-state index in [1.165, 1.54) is 41.0 Å². The lowest BCUT2D eigenvalue weighted by molar-refractivity contribution is 0.367. The quantitative estimate of drug-likeness (QED) is 0.237. The van der Waals surface area contributed by atoms with Gasteiger partial charge in [0.05, 0.1) is 28.2 Å². The Morgan fingerprint density at radius 3 is 2.44 bits per heavy atom. The minimum absolute atomic E-state index is 0.203. The fourth-order valence-electron chi connectivity index (χ4n) is 3.67. The number of aromatic nitrogens is 3. The second-order valence-electron chi connectivity index (χ2n) is 7.83. The molecule has 0 saturated carbocycles. The molecule has 11 heteroatoms. The Morgan fingerprint density at radius 1 is 0.944 bits per heavy atom. The van der Waals surface area contributed by atoms with Crippen LogP contribution in [0.2, 0.25) is 0 Å². The smallest absolute Gasteiger partial charge is 0.297 e. The van der Waals surface area contributed by atoms with E-state index in [4.69, 9.17) is 4.99 Å². The Hall–Kier alpha value is -4.35. The lowest BCUT2D eigenvalue weighted by Gasteiger charge is -2.07. The number of phenolic OH excluding ortho intramolecular Hbond substituents is 3. The standard InChI is InChI=1S/C25H21N5O4S2/c1-15-21(24(34)30(28(15)2)17-7-4-3-5-8-17)27-25-29(18(14-36-25)20-9-6-12-35-20)26-13-16-10-11-19(31)23(33)22(16)32/h3-14,31-33H,1-2H3. The van der Waals surface area contributed by atoms with E-state index in [-0.39, 0.29) is 16.8 Å². The van der Waals surface area contributed by atoms with Crippen LogP contribution >= 0.6 is 22.7 Å². The molecule has 5 aromatic rings. The first-order valence-electron chi connectivity index (χ1n) is 10.8. The lowest BCUT2D eigenvalue weighted by Crippen LogP contribution is -2.19. The van der Waals surface area contributed by atoms with E-state index in [9.17, 15) is 20.1 Å². The van der Waals surface area contributed by atoms with Crippen LogP contribution in [0.15, 0.2) is 80.2 Å². The summed E-state index contributed by atoms with van der Waals surface area (Å²) in [5.41, 5.74) is 2.40. The fourth-order valence-corrected chi connectivity index (χ4v) is 5.31. The van der Waals surface area contributed by atoms with Gasteiger partial charge in [0.25, 0.3) is 5.56 Å². The molecule has 0 radical (unpaired) electrons. The summed E-state index contributed by atoms with van der Waals surface area (Å²) in [4.78, 5) is 19.5. The van der Waals surface area contributed by atoms with E-state index in [1.807, 2.05) is 60.1 Å². The van der Waals surface area contributed by atoms with Crippen molar-refractivity contribution in [3.8, 4) is 33.5 Å². The van der Waals surface area contributed by atoms with Crippen molar-refractivity contribution < 1.29 is 15.3 Å². The van der Waals surface area contributed by atoms with E-state index < -0.39 is 17.2 Å². The molecule has 0 aliphatic rings. The largest absolute Gasteiger partial charge is 0.504 e. The number of thiazole rings is 1. The van der Waals surface area contributed by atoms with E-state index in [0.717, 1.165) is 16.3 Å². The highest BCUT2D eigenvalue weighted by Gasteiger charge is 2.17. The average Bonchev–Trinajstić information content (AvgIpc) is 3.59. The van der Waals surface area contributed by atoms with Gasteiger partial charge in [-0.05, 0) is 42.6 Å². The topological polar surface area (TPSA) is 117 Å². The molecule has 0 atom stereocenters. The second-order valence-corrected chi connectivity index (χ2v) is 9.61. The van der Waals surface area contributed by atoms with Crippen molar-refractivity contribution in [3.63, 3.8) is 0 Å². The highest BCUT2D eigenvalue weighted by Crippen LogP contribution is 2.36. The van der Waals surface area contributed by atoms with Crippen molar-refractivity contribution in [1.29, 1.82) is 0 Å². The van der Waals surface area contributed by atoms with Crippen molar-refractivity contribution in [2.24, 2.45) is 17.1 Å². The van der Waals surface area contributed by atoms with Gasteiger partial charge in [-0.1, -0.05) is 24.3 Å². The highest BCUT2D eigenvalue weighted by atomic mass is 32.1. The number of benzene rings is 2. The van der Waals surface area contributed by atoms with Crippen LogP contribution < -0.4 is 10.4 Å². The van der Waals surface area contributed by atoms with Gasteiger partial charge in [0.1, 0.15) is 0 Å². The number of rotatable bonds is 5. The zero-order valence-corrected chi connectivity index (χ0v) is 20.9. The SMILES string of the molecule is Cc1c(N=c2scc(-c3cccs3)n2N=Cc2ccc(O)c(O)c2O)c(=O)n(-c2ccccc2)n1C. The average molecular weight is 520 g/mol. The molecule has 0 amide bonds. The van der Waals surface area contributed by atoms with Crippen LogP contribution in [0.3, 0.4) is 0 Å². The zero-order chi connectivity index (χ0) is 25.4. The summed E-state index contributed by atoms with van der Waals surface area (Å²) in [5, 5.41) is 38.0. The molecule has 2 aromatic carbocycles. The number of phenols is 3. The third-order valence-corrected chi connectivity index (χ3v) is 7.37. The van der Waals surface area contributed by atoms with Crippen LogP contribution in [0.25, 0.3) is 16.3 Å². The molecule has 5 rings (SSSR count). The molecule has 36 heavy (non-hydrogen) atoms. The molecule has 182 valence electrons. The summed E-state index contributed by atoms with van der Waals surface area (Å²) in [6.45, 7) is 1.83. The van der Waals surface area contributed by atoms with Gasteiger partial charge in [-0.15, -0.1) is 22.7 Å². The predicted octanol–water partition coefficient (Wildman–Crippen LogP) is 4.31. The Labute approximate surface area is 213 Å². The number of hydrogen-bond acceptors (Lipinski definition) is 8. The van der Waals surface area contributed by atoms with Crippen LogP contribution in [0.1, 0.15) is 11.3 Å². The van der Waals surface area contributed by atoms with Gasteiger partial charge in [0.15, 0.2) is 17.2 Å². The Kier molecular flexibility index (Phi) is 6.08. The van der Waals surface area contributed by atoms with Crippen LogP contribution in [0, 0.1) is 6.92 Å². The van der Waals surface area contributed by atoms with Crippen molar-refractivity contribution in [1.82, 2.24) is 14.0 Å². The van der Waals surface area contributed by atoms with E-state index >= 15 is 0 Å². The van der Waals surface area contributed by atoms with E-state index in [1.54, 1.807) is 21.1 Å². The fraction of sp³-hybridized carbons (Fsp3) is 0.0800. The van der Waals surface area contributed by atoms with Gasteiger partial charge in [0, 0.05) is 18.0 Å². The van der Waals surface area contributed by atoms with Gasteiger partial charge in [-0.2, -0.15) is 5.10 Å². The molecule has 3 N–H and O–H groups in total. The summed E-state index contributed by atoms with van der Waals surface area (Å²) in [7, 11) is 1.81. The molecule has 9 nitrogen and oxygen atoms in total. The van der Waals surface area contributed by atoms with Gasteiger partial charge in [0.2, 0.25) is 10.6 Å². The number of para-hydroxylation sites is 1. The summed E-state index contributed by atoms with van der Waals surface area (Å²) in [5.74, 6) is -1.55. The summed E-state index contributed by atoms with van der Waals surface area (Å²) in [6, 6.07) is 15.9. The minimum Gasteiger partial charge on any atom is -0.504 e. The third-order valence-electron chi connectivity index (χ3n) is 5.66. The van der Waals surface area contributed by atoms with Gasteiger partial charge in [-0.3, -0.25) is 9.48 Å². The normalized spacial score (nSPS) is 12.1. The molecular formula is C25H21N5O4S2. The van der Waals surface area contributed by atoms with Crippen LogP contribution in [0.4, 0.5) is 5.69 Å². The first-order chi connectivity index (χ1) is 17.4. The second kappa shape index (κ2) is 9.36. The number of hydrogen-bond donors (Lipinski definition) is 3. The van der Waals surface area contributed by atoms with Crippen LogP contribution in [0.5, 0.6) is 17.2 Å². The van der Waals surface area contributed by atoms with Gasteiger partial charge >= 0.3 is 0 Å². The molecule has 0 aliphatic carbocycles. The Morgan fingerprint density at radius 2 is 1.72 bits per heavy atom. The van der Waals surface area contributed by atoms with Gasteiger partial charge in [-0.25, -0.2) is 14.4 Å². The minimum atomic E-state index is -0.626. The summed E-state index contributed by atoms with van der Waals surface area (Å²) >= 11 is 2.85. The summed E-state index contributed by atoms with van der Waals surface area (Å²) < 4.78 is 4.90. The number of nitrogens with zero attached hydrogens (tertiary/aromatic N) is 5. The number of thiophene rings is 1. The predicted molar refractivity (Wildman–Crippen MR) is 141 cm³/mol. The molecule has 0 bridgehead atoms. The van der Waals surface area contributed by atoms with Crippen molar-refractivity contribution >= 4 is 34.6 Å². The molecule has 0 spiro atoms. The monoisotopic (exact) mass is 519 g/mol. The Bertz CT molecular complexity index is 1710. The van der Waals surface area contributed by atoms with Crippen molar-refractivity contribution in [2.75, 3.05) is 0 Å².